The van der Waals surface area contributed by atoms with Crippen LogP contribution in [0.15, 0.2) is 54.6 Å². The van der Waals surface area contributed by atoms with Gasteiger partial charge >= 0.3 is 0 Å². The van der Waals surface area contributed by atoms with Crippen molar-refractivity contribution in [1.82, 2.24) is 4.90 Å². The minimum Gasteiger partial charge on any atom is -0.495 e. The molecule has 28 heavy (non-hydrogen) atoms. The molecule has 2 aromatic rings. The first-order chi connectivity index (χ1) is 12.8. The fraction of sp³-hybridized carbons (Fsp3) is 0.478. The maximum atomic E-state index is 5.58. The van der Waals surface area contributed by atoms with Crippen LogP contribution < -0.4 is 9.64 Å². The predicted octanol–water partition coefficient (Wildman–Crippen LogP) is 5.83. The number of anilines is 1. The highest BCUT2D eigenvalue weighted by atomic mass is 79.9. The normalized spacial score (nSPS) is 19.2. The Labute approximate surface area is 190 Å². The predicted molar refractivity (Wildman–Crippen MR) is 129 cm³/mol. The lowest BCUT2D eigenvalue weighted by Gasteiger charge is -2.50. The zero-order valence-corrected chi connectivity index (χ0v) is 20.1. The molecule has 2 aliphatic rings. The van der Waals surface area contributed by atoms with Gasteiger partial charge in [-0.25, -0.2) is 0 Å². The summed E-state index contributed by atoms with van der Waals surface area (Å²) in [5, 5.41) is 0. The maximum Gasteiger partial charge on any atom is 0.142 e. The van der Waals surface area contributed by atoms with Crippen LogP contribution in [0.5, 0.6) is 5.75 Å². The molecule has 0 unspecified atom stereocenters. The van der Waals surface area contributed by atoms with Crippen LogP contribution in [-0.2, 0) is 5.54 Å². The molecule has 0 bridgehead atoms. The number of hydrogen-bond donors (Lipinski definition) is 0. The molecule has 154 valence electrons. The summed E-state index contributed by atoms with van der Waals surface area (Å²) >= 11 is 0. The van der Waals surface area contributed by atoms with Crippen LogP contribution in [0.25, 0.3) is 0 Å². The van der Waals surface area contributed by atoms with Gasteiger partial charge in [0.2, 0.25) is 0 Å². The average Bonchev–Trinajstić information content (AvgIpc) is 2.75. The van der Waals surface area contributed by atoms with Crippen molar-refractivity contribution < 1.29 is 4.74 Å². The fourth-order valence-corrected chi connectivity index (χ4v) is 4.94. The quantitative estimate of drug-likeness (QED) is 0.513. The van der Waals surface area contributed by atoms with Crippen LogP contribution in [0, 0.1) is 0 Å². The molecule has 1 heterocycles. The van der Waals surface area contributed by atoms with Gasteiger partial charge in [0.05, 0.1) is 12.8 Å². The van der Waals surface area contributed by atoms with Gasteiger partial charge in [0.1, 0.15) is 5.75 Å². The smallest absolute Gasteiger partial charge is 0.142 e. The second kappa shape index (κ2) is 10.7. The van der Waals surface area contributed by atoms with Gasteiger partial charge < -0.3 is 9.64 Å². The summed E-state index contributed by atoms with van der Waals surface area (Å²) in [7, 11) is 1.77. The van der Waals surface area contributed by atoms with E-state index in [0.29, 0.717) is 0 Å². The van der Waals surface area contributed by atoms with Gasteiger partial charge in [-0.15, -0.1) is 34.0 Å². The van der Waals surface area contributed by atoms with E-state index in [0.717, 1.165) is 31.9 Å². The van der Waals surface area contributed by atoms with E-state index in [-0.39, 0.29) is 39.5 Å². The average molecular weight is 512 g/mol. The van der Waals surface area contributed by atoms with E-state index < -0.39 is 0 Å². The van der Waals surface area contributed by atoms with Crippen molar-refractivity contribution in [2.24, 2.45) is 0 Å². The van der Waals surface area contributed by atoms with Crippen molar-refractivity contribution in [3.8, 4) is 5.75 Å². The highest BCUT2D eigenvalue weighted by molar-refractivity contribution is 8.93. The van der Waals surface area contributed by atoms with E-state index in [4.69, 9.17) is 4.74 Å². The highest BCUT2D eigenvalue weighted by Crippen LogP contribution is 2.43. The molecular formula is C23H32Br2N2O. The van der Waals surface area contributed by atoms with Crippen LogP contribution in [0.3, 0.4) is 0 Å². The number of para-hydroxylation sites is 2. The minimum atomic E-state index is 0. The third-order valence-electron chi connectivity index (χ3n) is 6.30. The molecule has 2 aromatic carbocycles. The van der Waals surface area contributed by atoms with Crippen molar-refractivity contribution in [3.63, 3.8) is 0 Å². The molecule has 1 aliphatic heterocycles. The molecule has 0 atom stereocenters. The zero-order chi connectivity index (χ0) is 17.8. The molecule has 0 spiro atoms. The van der Waals surface area contributed by atoms with Gasteiger partial charge in [-0.3, -0.25) is 4.90 Å². The van der Waals surface area contributed by atoms with Gasteiger partial charge in [0, 0.05) is 31.7 Å². The molecule has 0 aromatic heterocycles. The molecule has 4 rings (SSSR count). The fourth-order valence-electron chi connectivity index (χ4n) is 4.94. The molecule has 5 heteroatoms. The minimum absolute atomic E-state index is 0. The number of piperazine rings is 1. The number of benzene rings is 2. The van der Waals surface area contributed by atoms with Gasteiger partial charge in [-0.2, -0.15) is 0 Å². The Balaban J connectivity index is 0.00000140. The Morgan fingerprint density at radius 1 is 0.750 bits per heavy atom. The van der Waals surface area contributed by atoms with Crippen molar-refractivity contribution in [3.05, 3.63) is 60.2 Å². The summed E-state index contributed by atoms with van der Waals surface area (Å²) in [5.74, 6) is 0.983. The lowest BCUT2D eigenvalue weighted by atomic mass is 9.75. The Kier molecular flexibility index (Phi) is 8.84. The second-order valence-electron chi connectivity index (χ2n) is 7.60. The summed E-state index contributed by atoms with van der Waals surface area (Å²) in [4.78, 5) is 5.25. The SMILES string of the molecule is Br.Br.COc1ccccc1N1CCN(C2(c3ccccc3)CCCCC2)CC1. The van der Waals surface area contributed by atoms with Crippen LogP contribution in [0.2, 0.25) is 0 Å². The summed E-state index contributed by atoms with van der Waals surface area (Å²) in [6.07, 6.45) is 6.68. The van der Waals surface area contributed by atoms with Crippen LogP contribution in [-0.4, -0.2) is 38.2 Å². The summed E-state index contributed by atoms with van der Waals surface area (Å²) < 4.78 is 5.58. The Hall–Kier alpha value is -1.04. The van der Waals surface area contributed by atoms with Crippen molar-refractivity contribution in [1.29, 1.82) is 0 Å². The van der Waals surface area contributed by atoms with E-state index in [2.05, 4.69) is 58.3 Å². The third-order valence-corrected chi connectivity index (χ3v) is 6.30. The van der Waals surface area contributed by atoms with Gasteiger partial charge in [-0.05, 0) is 30.5 Å². The number of halogens is 2. The zero-order valence-electron chi connectivity index (χ0n) is 16.7. The van der Waals surface area contributed by atoms with Crippen molar-refractivity contribution in [2.75, 3.05) is 38.2 Å². The lowest BCUT2D eigenvalue weighted by Crippen LogP contribution is -2.56. The monoisotopic (exact) mass is 510 g/mol. The lowest BCUT2D eigenvalue weighted by molar-refractivity contribution is 0.0416. The number of hydrogen-bond acceptors (Lipinski definition) is 3. The Morgan fingerprint density at radius 2 is 1.36 bits per heavy atom. The van der Waals surface area contributed by atoms with E-state index in [1.807, 2.05) is 6.07 Å². The largest absolute Gasteiger partial charge is 0.495 e. The third kappa shape index (κ3) is 4.58. The number of ether oxygens (including phenoxy) is 1. The molecule has 0 N–H and O–H groups in total. The first-order valence-corrected chi connectivity index (χ1v) is 10.0. The van der Waals surface area contributed by atoms with Crippen LogP contribution >= 0.6 is 34.0 Å². The first-order valence-electron chi connectivity index (χ1n) is 10.0. The van der Waals surface area contributed by atoms with E-state index in [1.54, 1.807) is 7.11 Å². The summed E-state index contributed by atoms with van der Waals surface area (Å²) in [6.45, 7) is 4.36. The highest BCUT2D eigenvalue weighted by Gasteiger charge is 2.40. The Bertz CT molecular complexity index is 712. The maximum absolute atomic E-state index is 5.58. The van der Waals surface area contributed by atoms with Crippen molar-refractivity contribution in [2.45, 2.75) is 37.6 Å². The first kappa shape index (κ1) is 23.2. The van der Waals surface area contributed by atoms with Crippen LogP contribution in [0.4, 0.5) is 5.69 Å². The Morgan fingerprint density at radius 3 is 2.00 bits per heavy atom. The summed E-state index contributed by atoms with van der Waals surface area (Å²) in [6, 6.07) is 19.6. The molecule has 2 fully saturated rings. The molecule has 1 saturated heterocycles. The van der Waals surface area contributed by atoms with Gasteiger partial charge in [-0.1, -0.05) is 61.7 Å². The van der Waals surface area contributed by atoms with Gasteiger partial charge in [0.15, 0.2) is 0 Å². The van der Waals surface area contributed by atoms with Gasteiger partial charge in [0.25, 0.3) is 0 Å². The topological polar surface area (TPSA) is 15.7 Å². The number of rotatable bonds is 4. The van der Waals surface area contributed by atoms with E-state index in [9.17, 15) is 0 Å². The molecule has 0 radical (unpaired) electrons. The molecular weight excluding hydrogens is 480 g/mol. The van der Waals surface area contributed by atoms with E-state index >= 15 is 0 Å². The second-order valence-corrected chi connectivity index (χ2v) is 7.60. The summed E-state index contributed by atoms with van der Waals surface area (Å²) in [5.41, 5.74) is 2.99. The van der Waals surface area contributed by atoms with Crippen LogP contribution in [0.1, 0.15) is 37.7 Å². The molecule has 0 amide bonds. The van der Waals surface area contributed by atoms with Crippen molar-refractivity contribution >= 4 is 39.7 Å². The molecule has 1 aliphatic carbocycles. The molecule has 3 nitrogen and oxygen atoms in total. The van der Waals surface area contributed by atoms with E-state index in [1.165, 1.54) is 43.4 Å². The number of nitrogens with zero attached hydrogens (tertiary/aromatic N) is 2. The molecule has 1 saturated carbocycles. The standard InChI is InChI=1S/C23H30N2O.2BrH/c1-26-22-13-7-6-12-21(22)24-16-18-25(19-17-24)23(14-8-3-9-15-23)20-10-4-2-5-11-20;;/h2,4-7,10-13H,3,8-9,14-19H2,1H3;2*1H. The number of methoxy groups -OCH3 is 1.